The van der Waals surface area contributed by atoms with Crippen LogP contribution in [-0.2, 0) is 9.47 Å². The summed E-state index contributed by atoms with van der Waals surface area (Å²) in [5.41, 5.74) is -0.504. The Morgan fingerprint density at radius 1 is 1.33 bits per heavy atom. The number of hydrogen-bond donors (Lipinski definition) is 1. The van der Waals surface area contributed by atoms with Gasteiger partial charge in [-0.25, -0.2) is 4.79 Å². The van der Waals surface area contributed by atoms with Crippen LogP contribution in [0.3, 0.4) is 0 Å². The van der Waals surface area contributed by atoms with Gasteiger partial charge in [-0.3, -0.25) is 0 Å². The van der Waals surface area contributed by atoms with Gasteiger partial charge in [-0.1, -0.05) is 0 Å². The van der Waals surface area contributed by atoms with Crippen molar-refractivity contribution < 1.29 is 28.5 Å². The molecule has 1 aliphatic heterocycles. The first-order valence-electron chi connectivity index (χ1n) is 7.77. The van der Waals surface area contributed by atoms with Crippen molar-refractivity contribution in [2.24, 2.45) is 0 Å². The van der Waals surface area contributed by atoms with Crippen LogP contribution in [0.25, 0.3) is 11.0 Å². The molecule has 1 aromatic carbocycles. The molecule has 0 aliphatic carbocycles. The first-order valence-corrected chi connectivity index (χ1v) is 7.77. The van der Waals surface area contributed by atoms with Gasteiger partial charge in [-0.05, 0) is 32.9 Å². The summed E-state index contributed by atoms with van der Waals surface area (Å²) in [6, 6.07) is 4.84. The van der Waals surface area contributed by atoms with Crippen molar-refractivity contribution in [3.63, 3.8) is 0 Å². The van der Waals surface area contributed by atoms with Gasteiger partial charge in [-0.2, -0.15) is 0 Å². The number of ether oxygens (including phenoxy) is 4. The van der Waals surface area contributed by atoms with Gasteiger partial charge >= 0.3 is 5.63 Å². The highest BCUT2D eigenvalue weighted by Crippen LogP contribution is 2.33. The molecule has 7 nitrogen and oxygen atoms in total. The van der Waals surface area contributed by atoms with Crippen molar-refractivity contribution in [3.05, 3.63) is 28.6 Å². The summed E-state index contributed by atoms with van der Waals surface area (Å²) >= 11 is 0. The molecule has 130 valence electrons. The second kappa shape index (κ2) is 6.33. The maximum atomic E-state index is 11.9. The predicted octanol–water partition coefficient (Wildman–Crippen LogP) is 2.43. The number of benzene rings is 1. The SMILES string of the molecule is CCOc1c(O)c2ccc(OCC3COC(C)(C)O3)cc2oc1=O. The molecule has 1 aromatic heterocycles. The van der Waals surface area contributed by atoms with E-state index in [1.54, 1.807) is 25.1 Å². The van der Waals surface area contributed by atoms with Gasteiger partial charge in [0.1, 0.15) is 24.0 Å². The van der Waals surface area contributed by atoms with E-state index in [4.69, 9.17) is 23.4 Å². The minimum atomic E-state index is -0.728. The molecule has 7 heteroatoms. The molecule has 1 N–H and O–H groups in total. The fraction of sp³-hybridized carbons (Fsp3) is 0.471. The van der Waals surface area contributed by atoms with Crippen LogP contribution in [0.4, 0.5) is 0 Å². The van der Waals surface area contributed by atoms with Crippen molar-refractivity contribution in [3.8, 4) is 17.2 Å². The van der Waals surface area contributed by atoms with Crippen LogP contribution in [0.2, 0.25) is 0 Å². The Bertz CT molecular complexity index is 793. The Labute approximate surface area is 138 Å². The predicted molar refractivity (Wildman–Crippen MR) is 85.7 cm³/mol. The monoisotopic (exact) mass is 336 g/mol. The Morgan fingerprint density at radius 2 is 2.12 bits per heavy atom. The van der Waals surface area contributed by atoms with Gasteiger partial charge in [0.05, 0.1) is 18.6 Å². The molecule has 1 unspecified atom stereocenters. The highest BCUT2D eigenvalue weighted by molar-refractivity contribution is 5.86. The van der Waals surface area contributed by atoms with E-state index < -0.39 is 11.4 Å². The average Bonchev–Trinajstić information content (AvgIpc) is 2.88. The van der Waals surface area contributed by atoms with Gasteiger partial charge in [0.25, 0.3) is 0 Å². The topological polar surface area (TPSA) is 87.4 Å². The molecule has 24 heavy (non-hydrogen) atoms. The smallest absolute Gasteiger partial charge is 0.383 e. The van der Waals surface area contributed by atoms with E-state index in [-0.39, 0.29) is 29.8 Å². The van der Waals surface area contributed by atoms with E-state index in [1.165, 1.54) is 0 Å². The lowest BCUT2D eigenvalue weighted by atomic mass is 10.2. The largest absolute Gasteiger partial charge is 0.504 e. The molecule has 1 fully saturated rings. The molecule has 0 bridgehead atoms. The summed E-state index contributed by atoms with van der Waals surface area (Å²) in [6.45, 7) is 6.42. The lowest BCUT2D eigenvalue weighted by Crippen LogP contribution is -2.25. The molecule has 1 atom stereocenters. The zero-order valence-corrected chi connectivity index (χ0v) is 13.8. The van der Waals surface area contributed by atoms with Crippen molar-refractivity contribution >= 4 is 11.0 Å². The summed E-state index contributed by atoms with van der Waals surface area (Å²) in [5.74, 6) is -0.519. The van der Waals surface area contributed by atoms with Crippen LogP contribution >= 0.6 is 0 Å². The Hall–Kier alpha value is -2.25. The lowest BCUT2D eigenvalue weighted by Gasteiger charge is -2.17. The van der Waals surface area contributed by atoms with E-state index in [0.29, 0.717) is 24.3 Å². The highest BCUT2D eigenvalue weighted by atomic mass is 16.7. The Kier molecular flexibility index (Phi) is 4.38. The molecule has 3 rings (SSSR count). The molecule has 0 radical (unpaired) electrons. The molecule has 1 aliphatic rings. The molecular formula is C17H20O7. The lowest BCUT2D eigenvalue weighted by molar-refractivity contribution is -0.141. The molecular weight excluding hydrogens is 316 g/mol. The third-order valence-electron chi connectivity index (χ3n) is 3.60. The fourth-order valence-electron chi connectivity index (χ4n) is 2.54. The normalized spacial score (nSPS) is 19.5. The van der Waals surface area contributed by atoms with E-state index in [0.717, 1.165) is 0 Å². The zero-order valence-electron chi connectivity index (χ0n) is 13.8. The first-order chi connectivity index (χ1) is 11.4. The molecule has 2 aromatic rings. The zero-order chi connectivity index (χ0) is 17.3. The third kappa shape index (κ3) is 3.32. The van der Waals surface area contributed by atoms with Gasteiger partial charge in [0, 0.05) is 6.07 Å². The molecule has 0 saturated carbocycles. The van der Waals surface area contributed by atoms with Crippen LogP contribution in [0.5, 0.6) is 17.2 Å². The fourth-order valence-corrected chi connectivity index (χ4v) is 2.54. The molecule has 2 heterocycles. The average molecular weight is 336 g/mol. The van der Waals surface area contributed by atoms with Crippen LogP contribution in [0.15, 0.2) is 27.4 Å². The van der Waals surface area contributed by atoms with E-state index >= 15 is 0 Å². The van der Waals surface area contributed by atoms with Crippen molar-refractivity contribution in [2.75, 3.05) is 19.8 Å². The van der Waals surface area contributed by atoms with Crippen LogP contribution in [0, 0.1) is 0 Å². The quantitative estimate of drug-likeness (QED) is 0.839. The molecule has 0 amide bonds. The van der Waals surface area contributed by atoms with Crippen molar-refractivity contribution in [2.45, 2.75) is 32.7 Å². The first kappa shape index (κ1) is 16.6. The van der Waals surface area contributed by atoms with Crippen LogP contribution < -0.4 is 15.1 Å². The van der Waals surface area contributed by atoms with Crippen LogP contribution in [0.1, 0.15) is 20.8 Å². The van der Waals surface area contributed by atoms with Crippen LogP contribution in [-0.4, -0.2) is 36.8 Å². The maximum Gasteiger partial charge on any atom is 0.383 e. The summed E-state index contributed by atoms with van der Waals surface area (Å²) in [6.07, 6.45) is -0.170. The summed E-state index contributed by atoms with van der Waals surface area (Å²) in [7, 11) is 0. The minimum Gasteiger partial charge on any atom is -0.504 e. The number of fused-ring (bicyclic) bond motifs is 1. The van der Waals surface area contributed by atoms with E-state index in [2.05, 4.69) is 0 Å². The minimum absolute atomic E-state index is 0.170. The Balaban J connectivity index is 1.79. The second-order valence-corrected chi connectivity index (χ2v) is 5.92. The second-order valence-electron chi connectivity index (χ2n) is 5.92. The van der Waals surface area contributed by atoms with Gasteiger partial charge < -0.3 is 28.5 Å². The molecule has 1 saturated heterocycles. The van der Waals surface area contributed by atoms with Crippen molar-refractivity contribution in [1.29, 1.82) is 0 Å². The summed E-state index contributed by atoms with van der Waals surface area (Å²) in [5, 5.41) is 10.5. The third-order valence-corrected chi connectivity index (χ3v) is 3.60. The number of hydrogen-bond acceptors (Lipinski definition) is 7. The van der Waals surface area contributed by atoms with Gasteiger partial charge in [0.2, 0.25) is 5.75 Å². The van der Waals surface area contributed by atoms with E-state index in [9.17, 15) is 9.90 Å². The maximum absolute atomic E-state index is 11.9. The number of rotatable bonds is 5. The number of aromatic hydroxyl groups is 1. The summed E-state index contributed by atoms with van der Waals surface area (Å²) in [4.78, 5) is 11.9. The van der Waals surface area contributed by atoms with E-state index in [1.807, 2.05) is 13.8 Å². The summed E-state index contributed by atoms with van der Waals surface area (Å²) < 4.78 is 27.1. The molecule has 0 spiro atoms. The van der Waals surface area contributed by atoms with Gasteiger partial charge in [-0.15, -0.1) is 0 Å². The highest BCUT2D eigenvalue weighted by Gasteiger charge is 2.33. The standard InChI is InChI=1S/C17H20O7/c1-4-20-15-14(18)12-6-5-10(7-13(12)23-16(15)19)21-8-11-9-22-17(2,3)24-11/h5-7,11,18H,4,8-9H2,1-3H3. The Morgan fingerprint density at radius 3 is 2.79 bits per heavy atom. The van der Waals surface area contributed by atoms with Crippen molar-refractivity contribution in [1.82, 2.24) is 0 Å². The van der Waals surface area contributed by atoms with Gasteiger partial charge in [0.15, 0.2) is 11.5 Å².